The Kier molecular flexibility index (Phi) is 5.83. The lowest BCUT2D eigenvalue weighted by atomic mass is 10.1. The second kappa shape index (κ2) is 6.64. The van der Waals surface area contributed by atoms with E-state index in [4.69, 9.17) is 23.2 Å². The number of benzene rings is 1. The highest BCUT2D eigenvalue weighted by Gasteiger charge is 2.11. The first-order valence-corrected chi connectivity index (χ1v) is 6.77. The highest BCUT2D eigenvalue weighted by atomic mass is 35.5. The van der Waals surface area contributed by atoms with Crippen molar-refractivity contribution in [2.45, 2.75) is 19.4 Å². The maximum Gasteiger partial charge on any atom is 0.0895 e. The largest absolute Gasteiger partial charge is 0.387 e. The third-order valence-electron chi connectivity index (χ3n) is 1.94. The normalized spacial score (nSPS) is 12.8. The Labute approximate surface area is 105 Å². The van der Waals surface area contributed by atoms with Crippen LogP contribution < -0.4 is 0 Å². The van der Waals surface area contributed by atoms with Crippen molar-refractivity contribution >= 4 is 35.0 Å². The van der Waals surface area contributed by atoms with Gasteiger partial charge in [-0.1, -0.05) is 30.1 Å². The van der Waals surface area contributed by atoms with Gasteiger partial charge >= 0.3 is 0 Å². The van der Waals surface area contributed by atoms with Crippen LogP contribution in [0.3, 0.4) is 0 Å². The molecule has 0 bridgehead atoms. The van der Waals surface area contributed by atoms with Gasteiger partial charge in [0.15, 0.2) is 0 Å². The minimum Gasteiger partial charge on any atom is -0.387 e. The predicted octanol–water partition coefficient (Wildman–Crippen LogP) is 4.17. The summed E-state index contributed by atoms with van der Waals surface area (Å²) >= 11 is 13.5. The zero-order valence-electron chi connectivity index (χ0n) is 8.54. The van der Waals surface area contributed by atoms with Gasteiger partial charge in [-0.2, -0.15) is 11.8 Å². The molecule has 1 nitrogen and oxygen atoms in total. The lowest BCUT2D eigenvalue weighted by Crippen LogP contribution is -2.02. The first-order chi connectivity index (χ1) is 7.15. The molecule has 1 aromatic rings. The van der Waals surface area contributed by atoms with E-state index in [0.717, 1.165) is 12.2 Å². The summed E-state index contributed by atoms with van der Waals surface area (Å²) in [7, 11) is 0. The van der Waals surface area contributed by atoms with Crippen molar-refractivity contribution in [2.75, 3.05) is 11.5 Å². The Morgan fingerprint density at radius 3 is 2.80 bits per heavy atom. The van der Waals surface area contributed by atoms with Gasteiger partial charge < -0.3 is 5.11 Å². The van der Waals surface area contributed by atoms with E-state index in [9.17, 15) is 5.11 Å². The van der Waals surface area contributed by atoms with Crippen molar-refractivity contribution < 1.29 is 5.11 Å². The molecule has 0 aromatic heterocycles. The number of aliphatic hydroxyl groups excluding tert-OH is 1. The highest BCUT2D eigenvalue weighted by molar-refractivity contribution is 7.99. The van der Waals surface area contributed by atoms with Crippen molar-refractivity contribution in [3.8, 4) is 0 Å². The number of halogens is 2. The smallest absolute Gasteiger partial charge is 0.0895 e. The first-order valence-electron chi connectivity index (χ1n) is 4.86. The van der Waals surface area contributed by atoms with Gasteiger partial charge in [-0.25, -0.2) is 0 Å². The van der Waals surface area contributed by atoms with Gasteiger partial charge in [-0.05, 0) is 30.4 Å². The van der Waals surface area contributed by atoms with Crippen LogP contribution in [-0.4, -0.2) is 16.6 Å². The Balaban J connectivity index is 2.64. The van der Waals surface area contributed by atoms with Gasteiger partial charge in [-0.3, -0.25) is 0 Å². The fourth-order valence-corrected chi connectivity index (χ4v) is 2.48. The molecule has 0 saturated carbocycles. The average molecular weight is 265 g/mol. The minimum atomic E-state index is -0.534. The molecule has 4 heteroatoms. The van der Waals surface area contributed by atoms with E-state index in [2.05, 4.69) is 6.92 Å². The summed E-state index contributed by atoms with van der Waals surface area (Å²) in [5.41, 5.74) is 0.716. The number of thioether (sulfide) groups is 1. The molecular formula is C11H14Cl2OS. The Bertz CT molecular complexity index is 317. The maximum atomic E-state index is 9.89. The molecule has 1 N–H and O–H groups in total. The van der Waals surface area contributed by atoms with E-state index in [1.165, 1.54) is 0 Å². The second-order valence-corrected chi connectivity index (χ2v) is 5.25. The van der Waals surface area contributed by atoms with E-state index in [1.807, 2.05) is 0 Å². The van der Waals surface area contributed by atoms with Crippen molar-refractivity contribution in [1.82, 2.24) is 0 Å². The number of hydrogen-bond acceptors (Lipinski definition) is 2. The molecule has 84 valence electrons. The van der Waals surface area contributed by atoms with Gasteiger partial charge in [0.2, 0.25) is 0 Å². The van der Waals surface area contributed by atoms with Crippen LogP contribution >= 0.6 is 35.0 Å². The lowest BCUT2D eigenvalue weighted by Gasteiger charge is -2.12. The molecule has 0 aliphatic heterocycles. The zero-order valence-corrected chi connectivity index (χ0v) is 10.9. The predicted molar refractivity (Wildman–Crippen MR) is 69.0 cm³/mol. The van der Waals surface area contributed by atoms with E-state index < -0.39 is 6.10 Å². The summed E-state index contributed by atoms with van der Waals surface area (Å²) in [6.45, 7) is 2.12. The Hall–Kier alpha value is 0.110. The molecule has 0 saturated heterocycles. The van der Waals surface area contributed by atoms with Crippen LogP contribution in [0, 0.1) is 0 Å². The molecule has 0 heterocycles. The topological polar surface area (TPSA) is 20.2 Å². The zero-order chi connectivity index (χ0) is 11.3. The van der Waals surface area contributed by atoms with Gasteiger partial charge in [0.25, 0.3) is 0 Å². The fraction of sp³-hybridized carbons (Fsp3) is 0.455. The lowest BCUT2D eigenvalue weighted by molar-refractivity contribution is 0.204. The van der Waals surface area contributed by atoms with E-state index in [0.29, 0.717) is 21.4 Å². The molecule has 0 amide bonds. The van der Waals surface area contributed by atoms with Crippen molar-refractivity contribution in [3.05, 3.63) is 33.8 Å². The minimum absolute atomic E-state index is 0.534. The third-order valence-corrected chi connectivity index (χ3v) is 3.77. The molecule has 15 heavy (non-hydrogen) atoms. The van der Waals surface area contributed by atoms with Gasteiger partial charge in [0, 0.05) is 21.4 Å². The summed E-state index contributed by atoms with van der Waals surface area (Å²) in [5, 5.41) is 11.1. The molecule has 1 unspecified atom stereocenters. The molecule has 0 aliphatic rings. The van der Waals surface area contributed by atoms with Crippen LogP contribution in [0.25, 0.3) is 0 Å². The van der Waals surface area contributed by atoms with Crippen molar-refractivity contribution in [3.63, 3.8) is 0 Å². The monoisotopic (exact) mass is 264 g/mol. The van der Waals surface area contributed by atoms with Gasteiger partial charge in [-0.15, -0.1) is 0 Å². The Morgan fingerprint density at radius 2 is 2.13 bits per heavy atom. The quantitative estimate of drug-likeness (QED) is 0.806. The summed E-state index contributed by atoms with van der Waals surface area (Å²) in [6.07, 6.45) is 0.577. The highest BCUT2D eigenvalue weighted by Crippen LogP contribution is 2.28. The Morgan fingerprint density at radius 1 is 1.40 bits per heavy atom. The van der Waals surface area contributed by atoms with Crippen molar-refractivity contribution in [1.29, 1.82) is 0 Å². The molecule has 0 radical (unpaired) electrons. The van der Waals surface area contributed by atoms with Crippen LogP contribution in [0.15, 0.2) is 18.2 Å². The van der Waals surface area contributed by atoms with Crippen LogP contribution in [0.4, 0.5) is 0 Å². The summed E-state index contributed by atoms with van der Waals surface area (Å²) in [6, 6.07) is 5.16. The average Bonchev–Trinajstić information content (AvgIpc) is 2.22. The number of aliphatic hydroxyl groups is 1. The standard InChI is InChI=1S/C11H14Cl2OS/c1-2-5-15-7-11(14)9-6-8(12)3-4-10(9)13/h3-4,6,11,14H,2,5,7H2,1H3. The van der Waals surface area contributed by atoms with E-state index in [1.54, 1.807) is 30.0 Å². The number of rotatable bonds is 5. The van der Waals surface area contributed by atoms with Gasteiger partial charge in [0.05, 0.1) is 6.10 Å². The SMILES string of the molecule is CCCSCC(O)c1cc(Cl)ccc1Cl. The number of hydrogen-bond donors (Lipinski definition) is 1. The summed E-state index contributed by atoms with van der Waals surface area (Å²) < 4.78 is 0. The van der Waals surface area contributed by atoms with E-state index in [-0.39, 0.29) is 0 Å². The molecule has 0 aliphatic carbocycles. The first kappa shape index (κ1) is 13.2. The maximum absolute atomic E-state index is 9.89. The van der Waals surface area contributed by atoms with Crippen LogP contribution in [0.2, 0.25) is 10.0 Å². The summed E-state index contributed by atoms with van der Waals surface area (Å²) in [5.74, 6) is 1.71. The van der Waals surface area contributed by atoms with E-state index >= 15 is 0 Å². The van der Waals surface area contributed by atoms with Crippen LogP contribution in [0.5, 0.6) is 0 Å². The molecule has 0 fully saturated rings. The molecule has 1 rings (SSSR count). The molecule has 1 aromatic carbocycles. The fourth-order valence-electron chi connectivity index (χ4n) is 1.20. The molecular weight excluding hydrogens is 251 g/mol. The van der Waals surface area contributed by atoms with Crippen molar-refractivity contribution in [2.24, 2.45) is 0 Å². The molecule has 0 spiro atoms. The summed E-state index contributed by atoms with van der Waals surface area (Å²) in [4.78, 5) is 0. The molecule has 1 atom stereocenters. The van der Waals surface area contributed by atoms with Crippen LogP contribution in [-0.2, 0) is 0 Å². The van der Waals surface area contributed by atoms with Crippen LogP contribution in [0.1, 0.15) is 25.0 Å². The van der Waals surface area contributed by atoms with Gasteiger partial charge in [0.1, 0.15) is 0 Å². The third kappa shape index (κ3) is 4.23. The second-order valence-electron chi connectivity index (χ2n) is 3.26.